The highest BCUT2D eigenvalue weighted by Gasteiger charge is 2.18. The molecule has 1 aromatic carbocycles. The van der Waals surface area contributed by atoms with Crippen LogP contribution in [0.1, 0.15) is 23.2 Å². The summed E-state index contributed by atoms with van der Waals surface area (Å²) in [7, 11) is 0. The molecule has 0 N–H and O–H groups in total. The summed E-state index contributed by atoms with van der Waals surface area (Å²) in [6, 6.07) is 13.9. The van der Waals surface area contributed by atoms with Crippen LogP contribution in [0.2, 0.25) is 0 Å². The highest BCUT2D eigenvalue weighted by Crippen LogP contribution is 2.28. The topological polar surface area (TPSA) is 76.6 Å². The zero-order valence-electron chi connectivity index (χ0n) is 12.0. The van der Waals surface area contributed by atoms with Crippen LogP contribution in [-0.4, -0.2) is 16.7 Å². The maximum Gasteiger partial charge on any atom is 0.173 e. The van der Waals surface area contributed by atoms with Crippen LogP contribution >= 0.6 is 0 Å². The summed E-state index contributed by atoms with van der Waals surface area (Å²) in [6.45, 7) is 4.15. The van der Waals surface area contributed by atoms with Crippen LogP contribution < -0.4 is 4.90 Å². The van der Waals surface area contributed by atoms with Gasteiger partial charge in [-0.1, -0.05) is 18.2 Å². The molecule has 5 heteroatoms. The van der Waals surface area contributed by atoms with E-state index in [1.165, 1.54) is 0 Å². The van der Waals surface area contributed by atoms with E-state index < -0.39 is 0 Å². The van der Waals surface area contributed by atoms with E-state index in [9.17, 15) is 5.26 Å². The predicted octanol–water partition coefficient (Wildman–Crippen LogP) is 3.02. The molecule has 2 rings (SSSR count). The lowest BCUT2D eigenvalue weighted by Crippen LogP contribution is -2.21. The number of hydrogen-bond acceptors (Lipinski definition) is 5. The molecule has 0 aliphatic rings. The number of anilines is 2. The van der Waals surface area contributed by atoms with E-state index >= 15 is 0 Å². The second-order valence-corrected chi connectivity index (χ2v) is 4.62. The molecule has 1 aromatic heterocycles. The molecular weight excluding hydrogens is 262 g/mol. The Labute approximate surface area is 124 Å². The molecule has 5 nitrogen and oxygen atoms in total. The molecular formula is C16H15N5. The van der Waals surface area contributed by atoms with E-state index in [4.69, 9.17) is 5.26 Å². The van der Waals surface area contributed by atoms with Crippen molar-refractivity contribution in [2.75, 3.05) is 11.4 Å². The molecule has 1 heterocycles. The summed E-state index contributed by atoms with van der Waals surface area (Å²) in [5.41, 5.74) is 2.95. The Morgan fingerprint density at radius 3 is 2.43 bits per heavy atom. The molecule has 0 atom stereocenters. The molecule has 0 bridgehead atoms. The average molecular weight is 277 g/mol. The van der Waals surface area contributed by atoms with Crippen molar-refractivity contribution < 1.29 is 0 Å². The van der Waals surface area contributed by atoms with E-state index in [1.54, 1.807) is 0 Å². The Bertz CT molecular complexity index is 710. The van der Waals surface area contributed by atoms with Crippen molar-refractivity contribution in [2.45, 2.75) is 20.3 Å². The van der Waals surface area contributed by atoms with Crippen molar-refractivity contribution in [3.8, 4) is 12.1 Å². The van der Waals surface area contributed by atoms with Crippen molar-refractivity contribution in [3.63, 3.8) is 0 Å². The van der Waals surface area contributed by atoms with E-state index in [1.807, 2.05) is 49.1 Å². The van der Waals surface area contributed by atoms with Crippen LogP contribution in [0.4, 0.5) is 11.5 Å². The van der Waals surface area contributed by atoms with Gasteiger partial charge in [-0.3, -0.25) is 0 Å². The van der Waals surface area contributed by atoms with Gasteiger partial charge in [0.05, 0.1) is 18.2 Å². The molecule has 0 saturated carbocycles. The lowest BCUT2D eigenvalue weighted by atomic mass is 10.1. The molecule has 0 spiro atoms. The number of hydrogen-bond donors (Lipinski definition) is 0. The van der Waals surface area contributed by atoms with E-state index in [0.717, 1.165) is 16.9 Å². The Morgan fingerprint density at radius 1 is 1.10 bits per heavy atom. The number of nitrogens with zero attached hydrogens (tertiary/aromatic N) is 5. The van der Waals surface area contributed by atoms with Gasteiger partial charge in [0.2, 0.25) is 0 Å². The lowest BCUT2D eigenvalue weighted by molar-refractivity contribution is 0.871. The first kappa shape index (κ1) is 14.5. The fourth-order valence-corrected chi connectivity index (χ4v) is 2.05. The third kappa shape index (κ3) is 2.98. The minimum atomic E-state index is 0.342. The largest absolute Gasteiger partial charge is 0.323 e. The van der Waals surface area contributed by atoms with Gasteiger partial charge >= 0.3 is 0 Å². The van der Waals surface area contributed by atoms with Crippen molar-refractivity contribution in [2.24, 2.45) is 0 Å². The van der Waals surface area contributed by atoms with Crippen molar-refractivity contribution in [1.29, 1.82) is 10.5 Å². The molecule has 0 amide bonds. The van der Waals surface area contributed by atoms with Gasteiger partial charge in [0, 0.05) is 12.2 Å². The van der Waals surface area contributed by atoms with E-state index in [-0.39, 0.29) is 0 Å². The van der Waals surface area contributed by atoms with Crippen LogP contribution in [0, 0.1) is 36.5 Å². The second-order valence-electron chi connectivity index (χ2n) is 4.62. The molecule has 0 unspecified atom stereocenters. The summed E-state index contributed by atoms with van der Waals surface area (Å²) >= 11 is 0. The first-order valence-electron chi connectivity index (χ1n) is 6.62. The molecule has 0 aliphatic heterocycles. The predicted molar refractivity (Wildman–Crippen MR) is 79.9 cm³/mol. The zero-order chi connectivity index (χ0) is 15.2. The minimum Gasteiger partial charge on any atom is -0.323 e. The van der Waals surface area contributed by atoms with Gasteiger partial charge < -0.3 is 4.90 Å². The van der Waals surface area contributed by atoms with Gasteiger partial charge in [0.25, 0.3) is 0 Å². The molecule has 0 aliphatic carbocycles. The summed E-state index contributed by atoms with van der Waals surface area (Å²) < 4.78 is 0. The quantitative estimate of drug-likeness (QED) is 0.858. The summed E-state index contributed by atoms with van der Waals surface area (Å²) in [4.78, 5) is 1.86. The van der Waals surface area contributed by atoms with Gasteiger partial charge in [-0.2, -0.15) is 15.6 Å². The molecule has 21 heavy (non-hydrogen) atoms. The third-order valence-corrected chi connectivity index (χ3v) is 3.32. The van der Waals surface area contributed by atoms with Gasteiger partial charge in [0.1, 0.15) is 11.6 Å². The smallest absolute Gasteiger partial charge is 0.173 e. The van der Waals surface area contributed by atoms with E-state index in [2.05, 4.69) is 22.3 Å². The molecule has 0 saturated heterocycles. The normalized spacial score (nSPS) is 9.71. The highest BCUT2D eigenvalue weighted by atomic mass is 15.3. The van der Waals surface area contributed by atoms with Gasteiger partial charge in [-0.25, -0.2) is 0 Å². The molecule has 0 fully saturated rings. The van der Waals surface area contributed by atoms with Crippen LogP contribution in [0.15, 0.2) is 30.3 Å². The Balaban J connectivity index is 2.55. The lowest BCUT2D eigenvalue weighted by Gasteiger charge is -2.24. The van der Waals surface area contributed by atoms with Crippen LogP contribution in [-0.2, 0) is 0 Å². The fraction of sp³-hybridized carbons (Fsp3) is 0.250. The van der Waals surface area contributed by atoms with E-state index in [0.29, 0.717) is 24.3 Å². The van der Waals surface area contributed by atoms with Gasteiger partial charge in [-0.15, -0.1) is 5.10 Å². The van der Waals surface area contributed by atoms with Crippen LogP contribution in [0.3, 0.4) is 0 Å². The average Bonchev–Trinajstić information content (AvgIpc) is 2.52. The highest BCUT2D eigenvalue weighted by molar-refractivity contribution is 5.67. The second kappa shape index (κ2) is 6.49. The van der Waals surface area contributed by atoms with Crippen LogP contribution in [0.5, 0.6) is 0 Å². The summed E-state index contributed by atoms with van der Waals surface area (Å²) in [6.07, 6.45) is 0.342. The number of nitriles is 2. The van der Waals surface area contributed by atoms with Crippen molar-refractivity contribution >= 4 is 11.5 Å². The van der Waals surface area contributed by atoms with Crippen LogP contribution in [0.25, 0.3) is 0 Å². The maximum atomic E-state index is 9.44. The van der Waals surface area contributed by atoms with Gasteiger partial charge in [0.15, 0.2) is 5.82 Å². The fourth-order valence-electron chi connectivity index (χ4n) is 2.05. The number of aromatic nitrogens is 2. The Kier molecular flexibility index (Phi) is 4.48. The number of para-hydroxylation sites is 1. The number of benzene rings is 1. The maximum absolute atomic E-state index is 9.44. The Morgan fingerprint density at radius 2 is 1.81 bits per heavy atom. The molecule has 104 valence electrons. The zero-order valence-corrected chi connectivity index (χ0v) is 12.0. The monoisotopic (exact) mass is 277 g/mol. The van der Waals surface area contributed by atoms with Crippen molar-refractivity contribution in [3.05, 3.63) is 47.2 Å². The standard InChI is InChI=1S/C16H15N5/c1-12-13(2)19-20-16(15(12)11-18)21(10-6-9-17)14-7-4-3-5-8-14/h3-5,7-8H,6,10H2,1-2H3. The number of aryl methyl sites for hydroxylation is 1. The number of rotatable bonds is 4. The first-order chi connectivity index (χ1) is 10.2. The summed E-state index contributed by atoms with van der Waals surface area (Å²) in [5, 5.41) is 26.6. The van der Waals surface area contributed by atoms with Gasteiger partial charge in [-0.05, 0) is 31.5 Å². The first-order valence-corrected chi connectivity index (χ1v) is 6.62. The van der Waals surface area contributed by atoms with Crippen molar-refractivity contribution in [1.82, 2.24) is 10.2 Å². The molecule has 0 radical (unpaired) electrons. The molecule has 2 aromatic rings. The summed E-state index contributed by atoms with van der Waals surface area (Å²) in [5.74, 6) is 0.502. The Hall–Kier alpha value is -2.92. The SMILES string of the molecule is Cc1nnc(N(CCC#N)c2ccccc2)c(C#N)c1C. The third-order valence-electron chi connectivity index (χ3n) is 3.32. The minimum absolute atomic E-state index is 0.342.